The number of nitrogens with one attached hydrogen (secondary N) is 2. The van der Waals surface area contributed by atoms with Crippen molar-refractivity contribution in [3.8, 4) is 0 Å². The highest BCUT2D eigenvalue weighted by atomic mass is 16.6. The van der Waals surface area contributed by atoms with Crippen LogP contribution in [0.25, 0.3) is 11.0 Å². The van der Waals surface area contributed by atoms with Gasteiger partial charge in [-0.1, -0.05) is 0 Å². The van der Waals surface area contributed by atoms with E-state index in [0.717, 1.165) is 5.52 Å². The Bertz CT molecular complexity index is 915. The predicted octanol–water partition coefficient (Wildman–Crippen LogP) is 2.17. The van der Waals surface area contributed by atoms with E-state index in [1.54, 1.807) is 28.1 Å². The van der Waals surface area contributed by atoms with Crippen LogP contribution in [0.15, 0.2) is 22.1 Å². The van der Waals surface area contributed by atoms with Crippen molar-refractivity contribution in [1.82, 2.24) is 24.8 Å². The van der Waals surface area contributed by atoms with Gasteiger partial charge in [0.2, 0.25) is 0 Å². The number of alkyl carbamates (subject to hydrolysis) is 1. The van der Waals surface area contributed by atoms with Gasteiger partial charge in [-0.3, -0.25) is 4.57 Å². The van der Waals surface area contributed by atoms with Crippen molar-refractivity contribution in [2.75, 3.05) is 14.1 Å². The number of hydrogen-bond acceptors (Lipinski definition) is 5. The Morgan fingerprint density at radius 1 is 1.44 bits per heavy atom. The average molecular weight is 374 g/mol. The van der Waals surface area contributed by atoms with Gasteiger partial charge in [-0.15, -0.1) is 0 Å². The molecule has 9 heteroatoms. The Balaban J connectivity index is 1.74. The number of rotatable bonds is 4. The highest BCUT2D eigenvalue weighted by molar-refractivity contribution is 5.86. The third-order valence-corrected chi connectivity index (χ3v) is 4.23. The van der Waals surface area contributed by atoms with Crippen molar-refractivity contribution in [3.63, 3.8) is 0 Å². The minimum absolute atomic E-state index is 0.00484. The lowest BCUT2D eigenvalue weighted by atomic mass is 9.86. The zero-order chi connectivity index (χ0) is 19.8. The van der Waals surface area contributed by atoms with Crippen molar-refractivity contribution in [2.24, 2.45) is 4.99 Å². The van der Waals surface area contributed by atoms with Crippen LogP contribution in [0.2, 0.25) is 0 Å². The number of carbonyl (C=O) groups is 1. The number of imidazole rings is 1. The molecule has 1 fully saturated rings. The van der Waals surface area contributed by atoms with Crippen molar-refractivity contribution in [1.29, 1.82) is 0 Å². The van der Waals surface area contributed by atoms with Gasteiger partial charge in [0.25, 0.3) is 0 Å². The molecule has 1 saturated carbocycles. The number of aromatic amines is 1. The Labute approximate surface area is 157 Å². The number of ether oxygens (including phenoxy) is 1. The van der Waals surface area contributed by atoms with E-state index in [1.165, 1.54) is 0 Å². The molecule has 146 valence electrons. The fraction of sp³-hybridized carbons (Fsp3) is 0.556. The summed E-state index contributed by atoms with van der Waals surface area (Å²) in [7, 11) is 3.73. The molecule has 2 aromatic heterocycles. The topological polar surface area (TPSA) is 105 Å². The van der Waals surface area contributed by atoms with Crippen LogP contribution in [0.3, 0.4) is 0 Å². The Kier molecular flexibility index (Phi) is 4.95. The summed E-state index contributed by atoms with van der Waals surface area (Å²) in [6.45, 7) is 5.48. The van der Waals surface area contributed by atoms with Crippen molar-refractivity contribution in [3.05, 3.63) is 22.7 Å². The zero-order valence-electron chi connectivity index (χ0n) is 16.3. The Morgan fingerprint density at radius 3 is 2.78 bits per heavy atom. The molecule has 2 N–H and O–H groups in total. The number of aromatic nitrogens is 3. The minimum Gasteiger partial charge on any atom is -0.444 e. The molecule has 0 saturated heterocycles. The second-order valence-corrected chi connectivity index (χ2v) is 8.01. The fourth-order valence-electron chi connectivity index (χ4n) is 3.06. The largest absolute Gasteiger partial charge is 0.444 e. The molecule has 2 aromatic rings. The van der Waals surface area contributed by atoms with Crippen LogP contribution in [0.5, 0.6) is 0 Å². The van der Waals surface area contributed by atoms with Crippen molar-refractivity contribution in [2.45, 2.75) is 51.3 Å². The summed E-state index contributed by atoms with van der Waals surface area (Å²) in [5.74, 6) is 0.472. The zero-order valence-corrected chi connectivity index (χ0v) is 16.3. The van der Waals surface area contributed by atoms with E-state index in [4.69, 9.17) is 4.74 Å². The standard InChI is InChI=1S/C18H26N6O3/c1-18(2,3)27-17(26)21-11-8-12(9-11)24-13-6-7-19-15(20-10-23(4)5)14(13)22-16(24)25/h6-7,10-12H,8-9H2,1-5H3,(H,21,26)(H,22,25). The third kappa shape index (κ3) is 4.29. The molecule has 9 nitrogen and oxygen atoms in total. The molecule has 1 aliphatic rings. The summed E-state index contributed by atoms with van der Waals surface area (Å²) in [5, 5.41) is 2.85. The van der Waals surface area contributed by atoms with E-state index in [1.807, 2.05) is 34.9 Å². The first-order valence-electron chi connectivity index (χ1n) is 8.93. The summed E-state index contributed by atoms with van der Waals surface area (Å²) in [6, 6.07) is 1.81. The molecular formula is C18H26N6O3. The summed E-state index contributed by atoms with van der Waals surface area (Å²) < 4.78 is 6.99. The van der Waals surface area contributed by atoms with E-state index < -0.39 is 11.7 Å². The summed E-state index contributed by atoms with van der Waals surface area (Å²) in [4.78, 5) is 37.6. The van der Waals surface area contributed by atoms with Crippen LogP contribution in [0, 0.1) is 0 Å². The molecule has 0 spiro atoms. The molecule has 1 amide bonds. The normalized spacial score (nSPS) is 19.9. The van der Waals surface area contributed by atoms with Crippen molar-refractivity contribution < 1.29 is 9.53 Å². The smallest absolute Gasteiger partial charge is 0.407 e. The number of H-pyrrole nitrogens is 1. The summed E-state index contributed by atoms with van der Waals surface area (Å²) >= 11 is 0. The Morgan fingerprint density at radius 2 is 2.15 bits per heavy atom. The van der Waals surface area contributed by atoms with Crippen LogP contribution >= 0.6 is 0 Å². The molecule has 0 atom stereocenters. The third-order valence-electron chi connectivity index (χ3n) is 4.23. The number of amides is 1. The van der Waals surface area contributed by atoms with E-state index >= 15 is 0 Å². The molecule has 0 bridgehead atoms. The average Bonchev–Trinajstić information content (AvgIpc) is 2.83. The molecule has 27 heavy (non-hydrogen) atoms. The van der Waals surface area contributed by atoms with Gasteiger partial charge in [0, 0.05) is 32.4 Å². The quantitative estimate of drug-likeness (QED) is 0.630. The molecule has 3 rings (SSSR count). The number of pyridine rings is 1. The lowest BCUT2D eigenvalue weighted by Crippen LogP contribution is -2.48. The maximum atomic E-state index is 12.5. The van der Waals surface area contributed by atoms with Gasteiger partial charge in [-0.25, -0.2) is 19.6 Å². The van der Waals surface area contributed by atoms with Crippen molar-refractivity contribution >= 4 is 29.3 Å². The first kappa shape index (κ1) is 18.9. The van der Waals surface area contributed by atoms with Gasteiger partial charge in [-0.05, 0) is 39.7 Å². The van der Waals surface area contributed by atoms with Gasteiger partial charge >= 0.3 is 11.8 Å². The van der Waals surface area contributed by atoms with Gasteiger partial charge in [0.1, 0.15) is 11.1 Å². The number of nitrogens with zero attached hydrogens (tertiary/aromatic N) is 4. The van der Waals surface area contributed by atoms with Crippen LogP contribution in [0.4, 0.5) is 10.6 Å². The summed E-state index contributed by atoms with van der Waals surface area (Å²) in [6.07, 6.45) is 4.20. The van der Waals surface area contributed by atoms with E-state index in [2.05, 4.69) is 20.3 Å². The second kappa shape index (κ2) is 7.05. The van der Waals surface area contributed by atoms with E-state index in [0.29, 0.717) is 24.2 Å². The summed E-state index contributed by atoms with van der Waals surface area (Å²) in [5.41, 5.74) is 0.656. The maximum absolute atomic E-state index is 12.5. The first-order chi connectivity index (χ1) is 12.6. The van der Waals surface area contributed by atoms with Crippen LogP contribution in [-0.4, -0.2) is 57.6 Å². The van der Waals surface area contributed by atoms with Crippen LogP contribution < -0.4 is 11.0 Å². The number of carbonyl (C=O) groups excluding carboxylic acids is 1. The molecule has 2 heterocycles. The lowest BCUT2D eigenvalue weighted by Gasteiger charge is -2.36. The fourth-order valence-corrected chi connectivity index (χ4v) is 3.06. The highest BCUT2D eigenvalue weighted by Gasteiger charge is 2.34. The number of hydrogen-bond donors (Lipinski definition) is 2. The predicted molar refractivity (Wildman–Crippen MR) is 104 cm³/mol. The minimum atomic E-state index is -0.530. The number of aliphatic imine (C=N–C) groups is 1. The second-order valence-electron chi connectivity index (χ2n) is 8.01. The number of fused-ring (bicyclic) bond motifs is 1. The van der Waals surface area contributed by atoms with E-state index in [-0.39, 0.29) is 17.8 Å². The van der Waals surface area contributed by atoms with Gasteiger partial charge in [-0.2, -0.15) is 0 Å². The molecule has 0 radical (unpaired) electrons. The van der Waals surface area contributed by atoms with Gasteiger partial charge in [0.15, 0.2) is 5.82 Å². The van der Waals surface area contributed by atoms with Gasteiger partial charge in [0.05, 0.1) is 11.9 Å². The monoisotopic (exact) mass is 374 g/mol. The van der Waals surface area contributed by atoms with Crippen LogP contribution in [0.1, 0.15) is 39.7 Å². The molecular weight excluding hydrogens is 348 g/mol. The first-order valence-corrected chi connectivity index (χ1v) is 8.93. The molecule has 0 aliphatic heterocycles. The van der Waals surface area contributed by atoms with Crippen LogP contribution in [-0.2, 0) is 4.74 Å². The SMILES string of the molecule is CN(C)C=Nc1nccc2c1[nH]c(=O)n2C1CC(NC(=O)OC(C)(C)C)C1. The van der Waals surface area contributed by atoms with Gasteiger partial charge < -0.3 is 19.9 Å². The maximum Gasteiger partial charge on any atom is 0.407 e. The molecule has 0 aromatic carbocycles. The molecule has 1 aliphatic carbocycles. The highest BCUT2D eigenvalue weighted by Crippen LogP contribution is 2.34. The molecule has 0 unspecified atom stereocenters. The van der Waals surface area contributed by atoms with E-state index in [9.17, 15) is 9.59 Å². The Hall–Kier alpha value is -2.84. The lowest BCUT2D eigenvalue weighted by molar-refractivity contribution is 0.0457.